The molecule has 1 amide bonds. The summed E-state index contributed by atoms with van der Waals surface area (Å²) in [4.78, 5) is 23.6. The molecule has 0 heterocycles. The molecule has 0 aromatic heterocycles. The number of amides is 1. The number of alkyl carbamates (subject to hydrolysis) is 1. The first-order valence-electron chi connectivity index (χ1n) is 9.71. The highest BCUT2D eigenvalue weighted by Gasteiger charge is 2.29. The van der Waals surface area contributed by atoms with E-state index in [1.54, 1.807) is 0 Å². The van der Waals surface area contributed by atoms with Crippen molar-refractivity contribution in [1.29, 1.82) is 0 Å². The van der Waals surface area contributed by atoms with Crippen molar-refractivity contribution in [2.75, 3.05) is 6.61 Å². The van der Waals surface area contributed by atoms with Crippen LogP contribution in [0.2, 0.25) is 0 Å². The Hall–Kier alpha value is -3.74. The first kappa shape index (κ1) is 20.5. The second-order valence-electron chi connectivity index (χ2n) is 7.32. The molecule has 1 atom stereocenters. The number of carbonyl (C=O) groups is 2. The molecule has 0 radical (unpaired) electrons. The van der Waals surface area contributed by atoms with Gasteiger partial charge in [0.05, 0.1) is 12.5 Å². The van der Waals surface area contributed by atoms with Gasteiger partial charge in [0.25, 0.3) is 0 Å². The fourth-order valence-electron chi connectivity index (χ4n) is 3.99. The van der Waals surface area contributed by atoms with E-state index in [1.807, 2.05) is 48.5 Å². The minimum Gasteiger partial charge on any atom is -0.481 e. The Morgan fingerprint density at radius 1 is 0.935 bits per heavy atom. The summed E-state index contributed by atoms with van der Waals surface area (Å²) in [7, 11) is 0. The van der Waals surface area contributed by atoms with Crippen molar-refractivity contribution in [2.24, 2.45) is 0 Å². The first-order chi connectivity index (χ1) is 14.9. The largest absolute Gasteiger partial charge is 0.481 e. The van der Waals surface area contributed by atoms with Crippen LogP contribution in [0.1, 0.15) is 35.1 Å². The van der Waals surface area contributed by atoms with E-state index in [9.17, 15) is 18.4 Å². The van der Waals surface area contributed by atoms with Gasteiger partial charge in [0, 0.05) is 12.0 Å². The van der Waals surface area contributed by atoms with Gasteiger partial charge in [0.15, 0.2) is 0 Å². The molecule has 7 heteroatoms. The second-order valence-corrected chi connectivity index (χ2v) is 7.32. The van der Waals surface area contributed by atoms with E-state index >= 15 is 0 Å². The van der Waals surface area contributed by atoms with E-state index in [4.69, 9.17) is 9.84 Å². The molecule has 31 heavy (non-hydrogen) atoms. The molecule has 1 aliphatic carbocycles. The molecule has 0 aliphatic heterocycles. The third-order valence-electron chi connectivity index (χ3n) is 5.30. The third-order valence-corrected chi connectivity index (χ3v) is 5.30. The highest BCUT2D eigenvalue weighted by atomic mass is 19.1. The van der Waals surface area contributed by atoms with Crippen molar-refractivity contribution < 1.29 is 28.2 Å². The molecule has 0 spiro atoms. The van der Waals surface area contributed by atoms with Gasteiger partial charge in [0.2, 0.25) is 0 Å². The summed E-state index contributed by atoms with van der Waals surface area (Å²) in [6.07, 6.45) is -1.41. The molecule has 2 N–H and O–H groups in total. The maximum Gasteiger partial charge on any atom is 0.407 e. The van der Waals surface area contributed by atoms with Crippen LogP contribution >= 0.6 is 0 Å². The fraction of sp³-hybridized carbons (Fsp3) is 0.167. The van der Waals surface area contributed by atoms with E-state index in [2.05, 4.69) is 5.32 Å². The summed E-state index contributed by atoms with van der Waals surface area (Å²) in [5, 5.41) is 11.6. The number of ether oxygens (including phenoxy) is 1. The molecular formula is C24H19F2NO4. The zero-order chi connectivity index (χ0) is 22.0. The molecule has 0 fully saturated rings. The van der Waals surface area contributed by atoms with Gasteiger partial charge in [-0.05, 0) is 39.9 Å². The van der Waals surface area contributed by atoms with Crippen LogP contribution in [0.4, 0.5) is 13.6 Å². The fourth-order valence-corrected chi connectivity index (χ4v) is 3.99. The lowest BCUT2D eigenvalue weighted by Crippen LogP contribution is -2.31. The molecule has 158 valence electrons. The SMILES string of the molecule is O=C(O)C[C@@H](NC(=O)OCC1c2ccccc2-c2ccccc21)c1cc(F)cc(F)c1. The van der Waals surface area contributed by atoms with E-state index in [0.717, 1.165) is 34.4 Å². The Balaban J connectivity index is 1.49. The molecule has 4 rings (SSSR count). The Labute approximate surface area is 177 Å². The molecule has 0 saturated heterocycles. The number of rotatable bonds is 6. The number of carboxylic acids is 1. The highest BCUT2D eigenvalue weighted by molar-refractivity contribution is 5.79. The number of halogens is 2. The van der Waals surface area contributed by atoms with Crippen LogP contribution < -0.4 is 5.32 Å². The van der Waals surface area contributed by atoms with Crippen LogP contribution in [0.15, 0.2) is 66.7 Å². The zero-order valence-corrected chi connectivity index (χ0v) is 16.3. The number of carbonyl (C=O) groups excluding carboxylic acids is 1. The Morgan fingerprint density at radius 3 is 2.03 bits per heavy atom. The number of hydrogen-bond acceptors (Lipinski definition) is 3. The number of nitrogens with one attached hydrogen (secondary N) is 1. The summed E-state index contributed by atoms with van der Waals surface area (Å²) in [6, 6.07) is 17.2. The van der Waals surface area contributed by atoms with Crippen LogP contribution in [0.3, 0.4) is 0 Å². The predicted molar refractivity (Wildman–Crippen MR) is 110 cm³/mol. The summed E-state index contributed by atoms with van der Waals surface area (Å²) in [5.41, 5.74) is 4.22. The van der Waals surface area contributed by atoms with E-state index < -0.39 is 36.2 Å². The molecule has 5 nitrogen and oxygen atoms in total. The summed E-state index contributed by atoms with van der Waals surface area (Å²) in [6.45, 7) is 0.0389. The molecule has 0 bridgehead atoms. The smallest absolute Gasteiger partial charge is 0.407 e. The summed E-state index contributed by atoms with van der Waals surface area (Å²) >= 11 is 0. The number of fused-ring (bicyclic) bond motifs is 3. The van der Waals surface area contributed by atoms with Crippen LogP contribution in [0.5, 0.6) is 0 Å². The van der Waals surface area contributed by atoms with Gasteiger partial charge >= 0.3 is 12.1 Å². The topological polar surface area (TPSA) is 75.6 Å². The number of benzene rings is 3. The maximum absolute atomic E-state index is 13.6. The van der Waals surface area contributed by atoms with Crippen molar-refractivity contribution >= 4 is 12.1 Å². The number of hydrogen-bond donors (Lipinski definition) is 2. The monoisotopic (exact) mass is 423 g/mol. The minimum absolute atomic E-state index is 0.00778. The summed E-state index contributed by atoms with van der Waals surface area (Å²) in [5.74, 6) is -3.12. The van der Waals surface area contributed by atoms with Gasteiger partial charge in [-0.3, -0.25) is 4.79 Å². The van der Waals surface area contributed by atoms with Crippen molar-refractivity contribution in [3.63, 3.8) is 0 Å². The van der Waals surface area contributed by atoms with Crippen molar-refractivity contribution in [3.8, 4) is 11.1 Å². The van der Waals surface area contributed by atoms with Gasteiger partial charge < -0.3 is 15.2 Å². The third kappa shape index (κ3) is 4.40. The first-order valence-corrected chi connectivity index (χ1v) is 9.71. The van der Waals surface area contributed by atoms with E-state index in [1.165, 1.54) is 0 Å². The molecule has 3 aromatic carbocycles. The zero-order valence-electron chi connectivity index (χ0n) is 16.3. The number of carboxylic acid groups (broad SMARTS) is 1. The van der Waals surface area contributed by atoms with E-state index in [-0.39, 0.29) is 18.1 Å². The normalized spacial score (nSPS) is 13.2. The molecular weight excluding hydrogens is 404 g/mol. The average Bonchev–Trinajstić information content (AvgIpc) is 3.05. The minimum atomic E-state index is -1.23. The Kier molecular flexibility index (Phi) is 5.66. The van der Waals surface area contributed by atoms with Gasteiger partial charge in [-0.2, -0.15) is 0 Å². The van der Waals surface area contributed by atoms with Crippen molar-refractivity contribution in [3.05, 3.63) is 95.1 Å². The maximum atomic E-state index is 13.6. The predicted octanol–water partition coefficient (Wildman–Crippen LogP) is 5.02. The van der Waals surface area contributed by atoms with Gasteiger partial charge in [0.1, 0.15) is 18.2 Å². The van der Waals surface area contributed by atoms with Gasteiger partial charge in [-0.15, -0.1) is 0 Å². The van der Waals surface area contributed by atoms with Crippen molar-refractivity contribution in [1.82, 2.24) is 5.32 Å². The lowest BCUT2D eigenvalue weighted by Gasteiger charge is -2.19. The molecule has 0 unspecified atom stereocenters. The lowest BCUT2D eigenvalue weighted by atomic mass is 9.98. The van der Waals surface area contributed by atoms with Crippen LogP contribution in [-0.2, 0) is 9.53 Å². The molecule has 3 aromatic rings. The van der Waals surface area contributed by atoms with Crippen LogP contribution in [-0.4, -0.2) is 23.8 Å². The quantitative estimate of drug-likeness (QED) is 0.584. The van der Waals surface area contributed by atoms with Crippen LogP contribution in [0.25, 0.3) is 11.1 Å². The molecule has 1 aliphatic rings. The van der Waals surface area contributed by atoms with Gasteiger partial charge in [-0.1, -0.05) is 48.5 Å². The number of aliphatic carboxylic acids is 1. The van der Waals surface area contributed by atoms with Gasteiger partial charge in [-0.25, -0.2) is 13.6 Å². The average molecular weight is 423 g/mol. The Bertz CT molecular complexity index is 1080. The van der Waals surface area contributed by atoms with Crippen molar-refractivity contribution in [2.45, 2.75) is 18.4 Å². The summed E-state index contributed by atoms with van der Waals surface area (Å²) < 4.78 is 32.5. The van der Waals surface area contributed by atoms with E-state index in [0.29, 0.717) is 6.07 Å². The molecule has 0 saturated carbocycles. The van der Waals surface area contributed by atoms with Crippen LogP contribution in [0, 0.1) is 11.6 Å². The second kappa shape index (κ2) is 8.55. The Morgan fingerprint density at radius 2 is 1.48 bits per heavy atom. The highest BCUT2D eigenvalue weighted by Crippen LogP contribution is 2.44. The lowest BCUT2D eigenvalue weighted by molar-refractivity contribution is -0.137. The standard InChI is InChI=1S/C24H19F2NO4/c25-15-9-14(10-16(26)11-15)22(12-23(28)29)27-24(30)31-13-21-19-7-3-1-5-17(19)18-6-2-4-8-20(18)21/h1-11,21-22H,12-13H2,(H,27,30)(H,28,29)/t22-/m1/s1.